The predicted molar refractivity (Wildman–Crippen MR) is 115 cm³/mol. The third-order valence-electron chi connectivity index (χ3n) is 5.92. The zero-order valence-corrected chi connectivity index (χ0v) is 17.7. The molecule has 1 atom stereocenters. The van der Waals surface area contributed by atoms with Gasteiger partial charge in [0, 0.05) is 18.5 Å². The van der Waals surface area contributed by atoms with Crippen molar-refractivity contribution >= 4 is 5.96 Å². The van der Waals surface area contributed by atoms with Crippen LogP contribution in [0.4, 0.5) is 0 Å². The maximum Gasteiger partial charge on any atom is 0.191 e. The van der Waals surface area contributed by atoms with E-state index in [1.807, 2.05) is 11.6 Å². The standard InChI is InChI=1S/C22H34N6/c1-5-22(6-2,18-12-9-8-10-13-18)16-24-21(23-7-3)26-19-14-11-15-28-20(19)25-17(4)27-28/h8-10,12-13,19H,5-7,11,14-16H2,1-4H3,(H2,23,24,26). The fourth-order valence-corrected chi connectivity index (χ4v) is 4.09. The number of aromatic nitrogens is 3. The van der Waals surface area contributed by atoms with Gasteiger partial charge in [-0.25, -0.2) is 9.67 Å². The van der Waals surface area contributed by atoms with Crippen molar-refractivity contribution in [3.8, 4) is 0 Å². The molecule has 0 saturated heterocycles. The predicted octanol–water partition coefficient (Wildman–Crippen LogP) is 3.73. The topological polar surface area (TPSA) is 67.1 Å². The molecule has 6 heteroatoms. The summed E-state index contributed by atoms with van der Waals surface area (Å²) >= 11 is 0. The van der Waals surface area contributed by atoms with Crippen LogP contribution in [0.3, 0.4) is 0 Å². The number of hydrogen-bond donors (Lipinski definition) is 2. The highest BCUT2D eigenvalue weighted by molar-refractivity contribution is 5.80. The Balaban J connectivity index is 1.81. The van der Waals surface area contributed by atoms with Crippen LogP contribution in [0, 0.1) is 6.92 Å². The van der Waals surface area contributed by atoms with Crippen LogP contribution >= 0.6 is 0 Å². The first-order valence-electron chi connectivity index (χ1n) is 10.6. The molecule has 1 unspecified atom stereocenters. The van der Waals surface area contributed by atoms with E-state index in [9.17, 15) is 0 Å². The average Bonchev–Trinajstić information content (AvgIpc) is 3.11. The summed E-state index contributed by atoms with van der Waals surface area (Å²) in [6, 6.07) is 10.9. The fraction of sp³-hybridized carbons (Fsp3) is 0.591. The Morgan fingerprint density at radius 2 is 1.96 bits per heavy atom. The SMILES string of the molecule is CCNC(=NCC(CC)(CC)c1ccccc1)NC1CCCn2nc(C)nc21. The van der Waals surface area contributed by atoms with E-state index < -0.39 is 0 Å². The van der Waals surface area contributed by atoms with Gasteiger partial charge in [0.15, 0.2) is 5.96 Å². The number of aryl methyl sites for hydroxylation is 2. The molecule has 0 spiro atoms. The molecule has 2 N–H and O–H groups in total. The molecule has 1 aliphatic rings. The Kier molecular flexibility index (Phi) is 6.70. The first kappa shape index (κ1) is 20.4. The van der Waals surface area contributed by atoms with E-state index in [1.165, 1.54) is 5.56 Å². The van der Waals surface area contributed by atoms with Gasteiger partial charge in [0.25, 0.3) is 0 Å². The summed E-state index contributed by atoms with van der Waals surface area (Å²) in [7, 11) is 0. The van der Waals surface area contributed by atoms with Crippen molar-refractivity contribution in [2.45, 2.75) is 71.4 Å². The Bertz CT molecular complexity index is 776. The van der Waals surface area contributed by atoms with Crippen LogP contribution < -0.4 is 10.6 Å². The molecule has 0 fully saturated rings. The Hall–Kier alpha value is -2.37. The Morgan fingerprint density at radius 1 is 1.21 bits per heavy atom. The van der Waals surface area contributed by atoms with Crippen LogP contribution in [-0.4, -0.2) is 33.8 Å². The summed E-state index contributed by atoms with van der Waals surface area (Å²) in [4.78, 5) is 9.66. The van der Waals surface area contributed by atoms with Crippen molar-refractivity contribution in [1.82, 2.24) is 25.4 Å². The molecule has 0 saturated carbocycles. The molecule has 28 heavy (non-hydrogen) atoms. The number of rotatable bonds is 7. The summed E-state index contributed by atoms with van der Waals surface area (Å²) in [5.41, 5.74) is 1.43. The molecule has 0 amide bonds. The van der Waals surface area contributed by atoms with Crippen molar-refractivity contribution < 1.29 is 0 Å². The lowest BCUT2D eigenvalue weighted by Crippen LogP contribution is -2.42. The molecule has 152 valence electrons. The Morgan fingerprint density at radius 3 is 2.64 bits per heavy atom. The maximum absolute atomic E-state index is 5.01. The van der Waals surface area contributed by atoms with Gasteiger partial charge < -0.3 is 10.6 Å². The number of aliphatic imine (C=N–C) groups is 1. The Labute approximate surface area is 168 Å². The molecule has 0 radical (unpaired) electrons. The van der Waals surface area contributed by atoms with Crippen LogP contribution in [0.1, 0.15) is 69.7 Å². The second kappa shape index (κ2) is 9.22. The smallest absolute Gasteiger partial charge is 0.191 e. The van der Waals surface area contributed by atoms with Gasteiger partial charge in [-0.2, -0.15) is 5.10 Å². The molecule has 3 rings (SSSR count). The minimum absolute atomic E-state index is 0.0623. The number of nitrogens with one attached hydrogen (secondary N) is 2. The normalized spacial score (nSPS) is 17.3. The van der Waals surface area contributed by atoms with Crippen molar-refractivity contribution in [3.63, 3.8) is 0 Å². The highest BCUT2D eigenvalue weighted by atomic mass is 15.4. The lowest BCUT2D eigenvalue weighted by molar-refractivity contribution is 0.392. The molecular weight excluding hydrogens is 348 g/mol. The maximum atomic E-state index is 5.01. The third kappa shape index (κ3) is 4.37. The zero-order valence-electron chi connectivity index (χ0n) is 17.7. The zero-order chi connectivity index (χ0) is 20.0. The number of nitrogens with zero attached hydrogens (tertiary/aromatic N) is 4. The first-order valence-corrected chi connectivity index (χ1v) is 10.6. The van der Waals surface area contributed by atoms with E-state index in [1.54, 1.807) is 0 Å². The van der Waals surface area contributed by atoms with Gasteiger partial charge in [0.05, 0.1) is 12.6 Å². The number of fused-ring (bicyclic) bond motifs is 1. The number of hydrogen-bond acceptors (Lipinski definition) is 3. The molecule has 1 aliphatic heterocycles. The van der Waals surface area contributed by atoms with Gasteiger partial charge in [-0.1, -0.05) is 44.2 Å². The minimum Gasteiger partial charge on any atom is -0.357 e. The van der Waals surface area contributed by atoms with E-state index in [0.29, 0.717) is 0 Å². The van der Waals surface area contributed by atoms with Gasteiger partial charge in [-0.3, -0.25) is 4.99 Å². The van der Waals surface area contributed by atoms with Crippen LogP contribution in [-0.2, 0) is 12.0 Å². The van der Waals surface area contributed by atoms with E-state index in [-0.39, 0.29) is 11.5 Å². The molecule has 6 nitrogen and oxygen atoms in total. The van der Waals surface area contributed by atoms with Crippen molar-refractivity contribution in [1.29, 1.82) is 0 Å². The summed E-state index contributed by atoms with van der Waals surface area (Å²) in [6.07, 6.45) is 4.28. The van der Waals surface area contributed by atoms with Crippen LogP contribution in [0.2, 0.25) is 0 Å². The van der Waals surface area contributed by atoms with Gasteiger partial charge in [-0.05, 0) is 45.1 Å². The highest BCUT2D eigenvalue weighted by Gasteiger charge is 2.29. The van der Waals surface area contributed by atoms with Gasteiger partial charge >= 0.3 is 0 Å². The fourth-order valence-electron chi connectivity index (χ4n) is 4.09. The summed E-state index contributed by atoms with van der Waals surface area (Å²) < 4.78 is 2.03. The highest BCUT2D eigenvalue weighted by Crippen LogP contribution is 2.32. The molecule has 0 aliphatic carbocycles. The van der Waals surface area contributed by atoms with E-state index in [0.717, 1.165) is 62.9 Å². The molecule has 2 heterocycles. The molecular formula is C22H34N6. The lowest BCUT2D eigenvalue weighted by Gasteiger charge is -2.31. The average molecular weight is 383 g/mol. The second-order valence-electron chi connectivity index (χ2n) is 7.63. The van der Waals surface area contributed by atoms with E-state index in [4.69, 9.17) is 4.99 Å². The molecule has 0 bridgehead atoms. The summed E-state index contributed by atoms with van der Waals surface area (Å²) in [5.74, 6) is 2.73. The molecule has 1 aromatic heterocycles. The largest absolute Gasteiger partial charge is 0.357 e. The van der Waals surface area contributed by atoms with Crippen LogP contribution in [0.5, 0.6) is 0 Å². The summed E-state index contributed by atoms with van der Waals surface area (Å²) in [5, 5.41) is 11.5. The van der Waals surface area contributed by atoms with Crippen molar-refractivity contribution in [3.05, 3.63) is 47.5 Å². The van der Waals surface area contributed by atoms with Crippen molar-refractivity contribution in [2.75, 3.05) is 13.1 Å². The first-order chi connectivity index (χ1) is 13.6. The second-order valence-corrected chi connectivity index (χ2v) is 7.63. The monoisotopic (exact) mass is 382 g/mol. The van der Waals surface area contributed by atoms with Gasteiger partial charge in [0.2, 0.25) is 0 Å². The van der Waals surface area contributed by atoms with Gasteiger partial charge in [-0.15, -0.1) is 0 Å². The third-order valence-corrected chi connectivity index (χ3v) is 5.92. The number of guanidine groups is 1. The minimum atomic E-state index is 0.0623. The number of benzene rings is 1. The van der Waals surface area contributed by atoms with Crippen LogP contribution in [0.15, 0.2) is 35.3 Å². The lowest BCUT2D eigenvalue weighted by atomic mass is 9.76. The van der Waals surface area contributed by atoms with E-state index in [2.05, 4.69) is 71.8 Å². The quantitative estimate of drug-likeness (QED) is 0.565. The van der Waals surface area contributed by atoms with Gasteiger partial charge in [0.1, 0.15) is 11.6 Å². The van der Waals surface area contributed by atoms with Crippen LogP contribution in [0.25, 0.3) is 0 Å². The molecule has 1 aromatic carbocycles. The summed E-state index contributed by atoms with van der Waals surface area (Å²) in [6.45, 7) is 11.1. The molecule has 2 aromatic rings. The van der Waals surface area contributed by atoms with E-state index >= 15 is 0 Å². The van der Waals surface area contributed by atoms with Crippen molar-refractivity contribution in [2.24, 2.45) is 4.99 Å².